The third-order valence-corrected chi connectivity index (χ3v) is 4.55. The fraction of sp³-hybridized carbons (Fsp3) is 0.429. The van der Waals surface area contributed by atoms with E-state index in [-0.39, 0.29) is 17.3 Å². The second kappa shape index (κ2) is 6.89. The summed E-state index contributed by atoms with van der Waals surface area (Å²) < 4.78 is 27.7. The van der Waals surface area contributed by atoms with Crippen molar-refractivity contribution in [2.45, 2.75) is 11.8 Å². The zero-order valence-corrected chi connectivity index (χ0v) is 13.5. The summed E-state index contributed by atoms with van der Waals surface area (Å²) in [4.78, 5) is 13.6. The highest BCUT2D eigenvalue weighted by Gasteiger charge is 2.30. The van der Waals surface area contributed by atoms with Crippen LogP contribution in [0, 0.1) is 0 Å². The molecule has 1 heterocycles. The Balaban J connectivity index is 2.02. The highest BCUT2D eigenvalue weighted by Crippen LogP contribution is 2.26. The number of sulfonamides is 1. The maximum atomic E-state index is 12.0. The van der Waals surface area contributed by atoms with E-state index < -0.39 is 10.0 Å². The van der Waals surface area contributed by atoms with E-state index in [4.69, 9.17) is 0 Å². The molecule has 120 valence electrons. The number of nitrogens with one attached hydrogen (secondary N) is 2. The lowest BCUT2D eigenvalue weighted by atomic mass is 10.2. The standard InChI is InChI=1S/C14H20N4O3S/c1-3-15-8-9-16-13(19)10-18(2)14-11-6-4-5-7-12(11)22(20,21)17-14/h4-7,15H,3,8-10H2,1-2H3,(H,16,19). The van der Waals surface area contributed by atoms with Gasteiger partial charge in [-0.1, -0.05) is 19.1 Å². The van der Waals surface area contributed by atoms with E-state index in [1.807, 2.05) is 6.92 Å². The minimum atomic E-state index is -3.66. The number of carbonyl (C=O) groups is 1. The largest absolute Gasteiger partial charge is 0.353 e. The minimum absolute atomic E-state index is 0.0504. The number of carbonyl (C=O) groups excluding carboxylic acids is 1. The number of likely N-dealkylation sites (N-methyl/N-ethyl adjacent to an activating group) is 2. The molecule has 0 aromatic heterocycles. The van der Waals surface area contributed by atoms with Gasteiger partial charge in [0.2, 0.25) is 5.91 Å². The molecule has 1 aromatic carbocycles. The van der Waals surface area contributed by atoms with Gasteiger partial charge in [-0.25, -0.2) is 0 Å². The topological polar surface area (TPSA) is 90.9 Å². The zero-order valence-electron chi connectivity index (χ0n) is 12.7. The number of fused-ring (bicyclic) bond motifs is 1. The molecule has 0 bridgehead atoms. The van der Waals surface area contributed by atoms with Crippen LogP contribution in [-0.4, -0.2) is 58.3 Å². The van der Waals surface area contributed by atoms with Crippen LogP contribution in [0.4, 0.5) is 0 Å². The summed E-state index contributed by atoms with van der Waals surface area (Å²) in [5.74, 6) is 0.127. The van der Waals surface area contributed by atoms with Crippen LogP contribution in [0.5, 0.6) is 0 Å². The van der Waals surface area contributed by atoms with E-state index in [9.17, 15) is 13.2 Å². The number of amidine groups is 1. The van der Waals surface area contributed by atoms with Crippen LogP contribution in [-0.2, 0) is 14.8 Å². The second-order valence-corrected chi connectivity index (χ2v) is 6.52. The first-order chi connectivity index (χ1) is 10.5. The molecule has 0 saturated heterocycles. The summed E-state index contributed by atoms with van der Waals surface area (Å²) >= 11 is 0. The van der Waals surface area contributed by atoms with E-state index >= 15 is 0 Å². The molecule has 1 amide bonds. The Morgan fingerprint density at radius 2 is 2.00 bits per heavy atom. The molecule has 2 rings (SSSR count). The Morgan fingerprint density at radius 3 is 2.73 bits per heavy atom. The normalized spacial score (nSPS) is 15.1. The summed E-state index contributed by atoms with van der Waals surface area (Å²) in [7, 11) is -2.00. The maximum absolute atomic E-state index is 12.0. The van der Waals surface area contributed by atoms with Crippen LogP contribution < -0.4 is 10.6 Å². The van der Waals surface area contributed by atoms with Crippen molar-refractivity contribution in [3.05, 3.63) is 29.8 Å². The van der Waals surface area contributed by atoms with Crippen molar-refractivity contribution >= 4 is 21.8 Å². The van der Waals surface area contributed by atoms with Crippen LogP contribution in [0.3, 0.4) is 0 Å². The van der Waals surface area contributed by atoms with E-state index in [0.717, 1.165) is 6.54 Å². The van der Waals surface area contributed by atoms with Crippen molar-refractivity contribution in [3.63, 3.8) is 0 Å². The van der Waals surface area contributed by atoms with E-state index in [2.05, 4.69) is 15.0 Å². The summed E-state index contributed by atoms with van der Waals surface area (Å²) in [6, 6.07) is 6.62. The number of amides is 1. The molecule has 2 N–H and O–H groups in total. The first kappa shape index (κ1) is 16.4. The van der Waals surface area contributed by atoms with Crippen molar-refractivity contribution < 1.29 is 13.2 Å². The van der Waals surface area contributed by atoms with Crippen LogP contribution in [0.15, 0.2) is 33.6 Å². The number of benzene rings is 1. The second-order valence-electron chi connectivity index (χ2n) is 4.95. The molecule has 0 aliphatic carbocycles. The molecule has 8 heteroatoms. The molecule has 0 spiro atoms. The summed E-state index contributed by atoms with van der Waals surface area (Å²) in [5.41, 5.74) is 0.533. The number of hydrogen-bond donors (Lipinski definition) is 2. The Kier molecular flexibility index (Phi) is 5.15. The van der Waals surface area contributed by atoms with Gasteiger partial charge in [-0.3, -0.25) is 4.79 Å². The molecule has 0 saturated carbocycles. The Hall–Kier alpha value is -1.93. The molecule has 0 fully saturated rings. The molecular formula is C14H20N4O3S. The van der Waals surface area contributed by atoms with E-state index in [1.165, 1.54) is 6.07 Å². The number of hydrogen-bond acceptors (Lipinski definition) is 5. The number of nitrogens with zero attached hydrogens (tertiary/aromatic N) is 2. The van der Waals surface area contributed by atoms with Gasteiger partial charge >= 0.3 is 0 Å². The van der Waals surface area contributed by atoms with Gasteiger partial charge in [0.05, 0.1) is 6.54 Å². The van der Waals surface area contributed by atoms with Crippen molar-refractivity contribution in [3.8, 4) is 0 Å². The van der Waals surface area contributed by atoms with Crippen LogP contribution in [0.1, 0.15) is 12.5 Å². The molecular weight excluding hydrogens is 304 g/mol. The monoisotopic (exact) mass is 324 g/mol. The predicted octanol–water partition coefficient (Wildman–Crippen LogP) is -0.207. The van der Waals surface area contributed by atoms with Gasteiger partial charge < -0.3 is 15.5 Å². The first-order valence-electron chi connectivity index (χ1n) is 7.08. The highest BCUT2D eigenvalue weighted by atomic mass is 32.2. The summed E-state index contributed by atoms with van der Waals surface area (Å²) in [6.45, 7) is 4.12. The Labute approximate surface area is 130 Å². The van der Waals surface area contributed by atoms with Crippen LogP contribution >= 0.6 is 0 Å². The SMILES string of the molecule is CCNCCNC(=O)CN(C)C1=NS(=O)(=O)c2ccccc21. The third-order valence-electron chi connectivity index (χ3n) is 3.23. The summed E-state index contributed by atoms with van der Waals surface area (Å²) in [6.07, 6.45) is 0. The lowest BCUT2D eigenvalue weighted by molar-refractivity contribution is -0.121. The van der Waals surface area contributed by atoms with E-state index in [1.54, 1.807) is 30.1 Å². The van der Waals surface area contributed by atoms with Gasteiger partial charge in [0.1, 0.15) is 4.90 Å². The van der Waals surface area contributed by atoms with Gasteiger partial charge in [-0.05, 0) is 18.7 Å². The van der Waals surface area contributed by atoms with Crippen molar-refractivity contribution in [1.82, 2.24) is 15.5 Å². The lowest BCUT2D eigenvalue weighted by Gasteiger charge is -2.18. The third kappa shape index (κ3) is 3.63. The van der Waals surface area contributed by atoms with Gasteiger partial charge in [0, 0.05) is 25.7 Å². The molecule has 7 nitrogen and oxygen atoms in total. The Bertz CT molecular complexity index is 685. The molecule has 1 aliphatic rings. The maximum Gasteiger partial charge on any atom is 0.285 e. The first-order valence-corrected chi connectivity index (χ1v) is 8.52. The smallest absolute Gasteiger partial charge is 0.285 e. The minimum Gasteiger partial charge on any atom is -0.353 e. The zero-order chi connectivity index (χ0) is 16.2. The molecule has 1 aromatic rings. The fourth-order valence-electron chi connectivity index (χ4n) is 2.18. The van der Waals surface area contributed by atoms with Crippen LogP contribution in [0.25, 0.3) is 0 Å². The van der Waals surface area contributed by atoms with Crippen molar-refractivity contribution in [2.75, 3.05) is 33.2 Å². The van der Waals surface area contributed by atoms with Gasteiger partial charge in [0.15, 0.2) is 5.84 Å². The predicted molar refractivity (Wildman–Crippen MR) is 84.3 cm³/mol. The summed E-state index contributed by atoms with van der Waals surface area (Å²) in [5, 5.41) is 5.87. The average Bonchev–Trinajstić information content (AvgIpc) is 2.76. The molecule has 1 aliphatic heterocycles. The van der Waals surface area contributed by atoms with Gasteiger partial charge in [-0.2, -0.15) is 8.42 Å². The molecule has 0 radical (unpaired) electrons. The average molecular weight is 324 g/mol. The fourth-order valence-corrected chi connectivity index (χ4v) is 3.43. The van der Waals surface area contributed by atoms with Crippen LogP contribution in [0.2, 0.25) is 0 Å². The van der Waals surface area contributed by atoms with Gasteiger partial charge in [0.25, 0.3) is 10.0 Å². The van der Waals surface area contributed by atoms with Crippen molar-refractivity contribution in [1.29, 1.82) is 0 Å². The lowest BCUT2D eigenvalue weighted by Crippen LogP contribution is -2.40. The number of rotatable bonds is 6. The van der Waals surface area contributed by atoms with Crippen molar-refractivity contribution in [2.24, 2.45) is 4.40 Å². The highest BCUT2D eigenvalue weighted by molar-refractivity contribution is 7.90. The van der Waals surface area contributed by atoms with E-state index in [0.29, 0.717) is 24.5 Å². The quantitative estimate of drug-likeness (QED) is 0.707. The molecule has 0 atom stereocenters. The molecule has 0 unspecified atom stereocenters. The molecule has 22 heavy (non-hydrogen) atoms. The van der Waals surface area contributed by atoms with Gasteiger partial charge in [-0.15, -0.1) is 4.40 Å². The Morgan fingerprint density at radius 1 is 1.27 bits per heavy atom.